The second-order valence-electron chi connectivity index (χ2n) is 4.33. The Labute approximate surface area is 111 Å². The van der Waals surface area contributed by atoms with Gasteiger partial charge in [0.1, 0.15) is 6.04 Å². The smallest absolute Gasteiger partial charge is 0.326 e. The van der Waals surface area contributed by atoms with Crippen LogP contribution in [0.3, 0.4) is 0 Å². The van der Waals surface area contributed by atoms with Crippen LogP contribution in [-0.2, 0) is 4.79 Å². The Morgan fingerprint density at radius 2 is 2.11 bits per heavy atom. The van der Waals surface area contributed by atoms with Gasteiger partial charge in [0.15, 0.2) is 0 Å². The highest BCUT2D eigenvalue weighted by Gasteiger charge is 2.19. The molecule has 1 fully saturated rings. The van der Waals surface area contributed by atoms with Crippen LogP contribution in [0.15, 0.2) is 12.7 Å². The van der Waals surface area contributed by atoms with Gasteiger partial charge in [-0.1, -0.05) is 6.08 Å². The number of aliphatic carboxylic acids is 1. The molecule has 6 heteroatoms. The van der Waals surface area contributed by atoms with E-state index in [0.29, 0.717) is 12.5 Å². The van der Waals surface area contributed by atoms with E-state index < -0.39 is 18.0 Å². The van der Waals surface area contributed by atoms with E-state index in [1.54, 1.807) is 0 Å². The van der Waals surface area contributed by atoms with Crippen LogP contribution in [0, 0.1) is 5.92 Å². The summed E-state index contributed by atoms with van der Waals surface area (Å²) in [5.41, 5.74) is 0. The fourth-order valence-corrected chi connectivity index (χ4v) is 2.99. The molecule has 1 unspecified atom stereocenters. The first-order valence-electron chi connectivity index (χ1n) is 6.09. The SMILES string of the molecule is C=CCC(NC(=O)NCC1CCSCC1)C(=O)O. The van der Waals surface area contributed by atoms with Gasteiger partial charge in [0, 0.05) is 6.54 Å². The molecule has 1 heterocycles. The van der Waals surface area contributed by atoms with E-state index in [9.17, 15) is 9.59 Å². The maximum atomic E-state index is 11.6. The molecule has 5 nitrogen and oxygen atoms in total. The van der Waals surface area contributed by atoms with E-state index in [1.807, 2.05) is 11.8 Å². The summed E-state index contributed by atoms with van der Waals surface area (Å²) in [5, 5.41) is 14.0. The van der Waals surface area contributed by atoms with Crippen molar-refractivity contribution in [2.24, 2.45) is 5.92 Å². The topological polar surface area (TPSA) is 78.4 Å². The van der Waals surface area contributed by atoms with Crippen LogP contribution < -0.4 is 10.6 Å². The van der Waals surface area contributed by atoms with Crippen molar-refractivity contribution in [1.29, 1.82) is 0 Å². The number of carboxylic acid groups (broad SMARTS) is 1. The Morgan fingerprint density at radius 1 is 1.44 bits per heavy atom. The first-order chi connectivity index (χ1) is 8.63. The third-order valence-electron chi connectivity index (χ3n) is 2.90. The Hall–Kier alpha value is -1.17. The van der Waals surface area contributed by atoms with E-state index in [2.05, 4.69) is 17.2 Å². The van der Waals surface area contributed by atoms with Crippen molar-refractivity contribution in [2.75, 3.05) is 18.1 Å². The number of carboxylic acids is 1. The summed E-state index contributed by atoms with van der Waals surface area (Å²) in [6.45, 7) is 4.09. The molecule has 0 saturated carbocycles. The summed E-state index contributed by atoms with van der Waals surface area (Å²) in [6.07, 6.45) is 3.93. The van der Waals surface area contributed by atoms with E-state index >= 15 is 0 Å². The van der Waals surface area contributed by atoms with E-state index in [-0.39, 0.29) is 6.42 Å². The molecule has 1 aliphatic heterocycles. The molecule has 3 N–H and O–H groups in total. The quantitative estimate of drug-likeness (QED) is 0.640. The van der Waals surface area contributed by atoms with Gasteiger partial charge in [0.05, 0.1) is 0 Å². The second-order valence-corrected chi connectivity index (χ2v) is 5.55. The lowest BCUT2D eigenvalue weighted by Crippen LogP contribution is -2.47. The number of hydrogen-bond acceptors (Lipinski definition) is 3. The Balaban J connectivity index is 2.26. The normalized spacial score (nSPS) is 17.8. The number of carbonyl (C=O) groups excluding carboxylic acids is 1. The minimum atomic E-state index is -1.04. The van der Waals surface area contributed by atoms with Crippen molar-refractivity contribution in [3.8, 4) is 0 Å². The molecule has 2 amide bonds. The zero-order valence-electron chi connectivity index (χ0n) is 10.4. The van der Waals surface area contributed by atoms with Gasteiger partial charge >= 0.3 is 12.0 Å². The summed E-state index contributed by atoms with van der Waals surface area (Å²) < 4.78 is 0. The molecular formula is C12H20N2O3S. The van der Waals surface area contributed by atoms with Gasteiger partial charge in [-0.05, 0) is 36.7 Å². The van der Waals surface area contributed by atoms with Crippen LogP contribution in [0.4, 0.5) is 4.79 Å². The van der Waals surface area contributed by atoms with Gasteiger partial charge in [-0.2, -0.15) is 11.8 Å². The van der Waals surface area contributed by atoms with E-state index in [0.717, 1.165) is 24.3 Å². The molecule has 102 valence electrons. The van der Waals surface area contributed by atoms with Crippen molar-refractivity contribution < 1.29 is 14.7 Å². The van der Waals surface area contributed by atoms with Crippen LogP contribution in [0.2, 0.25) is 0 Å². The average molecular weight is 272 g/mol. The Bertz CT molecular complexity index is 304. The molecular weight excluding hydrogens is 252 g/mol. The standard InChI is InChI=1S/C12H20N2O3S/c1-2-3-10(11(15)16)14-12(17)13-8-9-4-6-18-7-5-9/h2,9-10H,1,3-8H2,(H,15,16)(H2,13,14,17). The molecule has 0 aromatic heterocycles. The predicted molar refractivity (Wildman–Crippen MR) is 72.8 cm³/mol. The van der Waals surface area contributed by atoms with Crippen LogP contribution in [-0.4, -0.2) is 41.2 Å². The highest BCUT2D eigenvalue weighted by atomic mass is 32.2. The minimum Gasteiger partial charge on any atom is -0.480 e. The number of amides is 2. The van der Waals surface area contributed by atoms with Gasteiger partial charge in [0.25, 0.3) is 0 Å². The monoisotopic (exact) mass is 272 g/mol. The number of hydrogen-bond donors (Lipinski definition) is 3. The minimum absolute atomic E-state index is 0.225. The van der Waals surface area contributed by atoms with Crippen molar-refractivity contribution in [1.82, 2.24) is 10.6 Å². The lowest BCUT2D eigenvalue weighted by molar-refractivity contribution is -0.139. The van der Waals surface area contributed by atoms with Gasteiger partial charge in [-0.25, -0.2) is 9.59 Å². The van der Waals surface area contributed by atoms with Crippen molar-refractivity contribution in [3.63, 3.8) is 0 Å². The lowest BCUT2D eigenvalue weighted by atomic mass is 10.0. The largest absolute Gasteiger partial charge is 0.480 e. The predicted octanol–water partition coefficient (Wildman–Crippen LogP) is 1.46. The van der Waals surface area contributed by atoms with Crippen LogP contribution in [0.5, 0.6) is 0 Å². The number of nitrogens with one attached hydrogen (secondary N) is 2. The molecule has 1 atom stereocenters. The molecule has 0 aromatic carbocycles. The maximum Gasteiger partial charge on any atom is 0.326 e. The zero-order valence-corrected chi connectivity index (χ0v) is 11.2. The number of carbonyl (C=O) groups is 2. The number of thioether (sulfide) groups is 1. The summed E-state index contributed by atoms with van der Waals surface area (Å²) >= 11 is 1.94. The molecule has 0 bridgehead atoms. The van der Waals surface area contributed by atoms with Gasteiger partial charge in [-0.3, -0.25) is 0 Å². The Morgan fingerprint density at radius 3 is 2.67 bits per heavy atom. The van der Waals surface area contributed by atoms with Crippen LogP contribution >= 0.6 is 11.8 Å². The third-order valence-corrected chi connectivity index (χ3v) is 3.95. The molecule has 1 aliphatic rings. The van der Waals surface area contributed by atoms with Gasteiger partial charge < -0.3 is 15.7 Å². The van der Waals surface area contributed by atoms with Gasteiger partial charge in [0.2, 0.25) is 0 Å². The number of rotatable bonds is 6. The molecule has 0 aromatic rings. The molecule has 0 radical (unpaired) electrons. The highest BCUT2D eigenvalue weighted by Crippen LogP contribution is 2.21. The fraction of sp³-hybridized carbons (Fsp3) is 0.667. The average Bonchev–Trinajstić information content (AvgIpc) is 2.37. The molecule has 0 aliphatic carbocycles. The highest BCUT2D eigenvalue weighted by molar-refractivity contribution is 7.99. The maximum absolute atomic E-state index is 11.6. The molecule has 1 saturated heterocycles. The second kappa shape index (κ2) is 8.02. The van der Waals surface area contributed by atoms with Crippen LogP contribution in [0.25, 0.3) is 0 Å². The first kappa shape index (κ1) is 14.9. The first-order valence-corrected chi connectivity index (χ1v) is 7.24. The summed E-state index contributed by atoms with van der Waals surface area (Å²) in [4.78, 5) is 22.4. The lowest BCUT2D eigenvalue weighted by Gasteiger charge is -2.22. The van der Waals surface area contributed by atoms with Crippen molar-refractivity contribution in [3.05, 3.63) is 12.7 Å². The van der Waals surface area contributed by atoms with Crippen LogP contribution in [0.1, 0.15) is 19.3 Å². The van der Waals surface area contributed by atoms with E-state index in [1.165, 1.54) is 6.08 Å². The van der Waals surface area contributed by atoms with Crippen molar-refractivity contribution in [2.45, 2.75) is 25.3 Å². The molecule has 0 spiro atoms. The summed E-state index contributed by atoms with van der Waals surface area (Å²) in [6, 6.07) is -1.31. The number of urea groups is 1. The third kappa shape index (κ3) is 5.44. The fourth-order valence-electron chi connectivity index (χ4n) is 1.78. The zero-order chi connectivity index (χ0) is 13.4. The molecule has 1 rings (SSSR count). The van der Waals surface area contributed by atoms with E-state index in [4.69, 9.17) is 5.11 Å². The van der Waals surface area contributed by atoms with Crippen molar-refractivity contribution >= 4 is 23.8 Å². The van der Waals surface area contributed by atoms with Gasteiger partial charge in [-0.15, -0.1) is 6.58 Å². The summed E-state index contributed by atoms with van der Waals surface area (Å²) in [5.74, 6) is 1.75. The molecule has 18 heavy (non-hydrogen) atoms. The summed E-state index contributed by atoms with van der Waals surface area (Å²) in [7, 11) is 0. The Kier molecular flexibility index (Phi) is 6.64.